The van der Waals surface area contributed by atoms with Crippen molar-refractivity contribution in [1.29, 1.82) is 0 Å². The van der Waals surface area contributed by atoms with E-state index in [9.17, 15) is 9.59 Å². The van der Waals surface area contributed by atoms with E-state index in [1.54, 1.807) is 24.3 Å². The predicted molar refractivity (Wildman–Crippen MR) is 69.4 cm³/mol. The normalized spacial score (nSPS) is 14.9. The summed E-state index contributed by atoms with van der Waals surface area (Å²) in [7, 11) is 1.32. The number of methoxy groups -OCH3 is 1. The first-order valence-electron chi connectivity index (χ1n) is 5.93. The van der Waals surface area contributed by atoms with Crippen LogP contribution in [0.5, 0.6) is 0 Å². The first kappa shape index (κ1) is 13.1. The van der Waals surface area contributed by atoms with Gasteiger partial charge in [0.15, 0.2) is 5.84 Å². The highest BCUT2D eigenvalue weighted by molar-refractivity contribution is 5.99. The van der Waals surface area contributed by atoms with Crippen molar-refractivity contribution < 1.29 is 14.3 Å². The van der Waals surface area contributed by atoms with Crippen molar-refractivity contribution in [2.45, 2.75) is 12.8 Å². The number of hydrogen-bond acceptors (Lipinski definition) is 4. The molecule has 6 nitrogen and oxygen atoms in total. The summed E-state index contributed by atoms with van der Waals surface area (Å²) in [6, 6.07) is 6.47. The van der Waals surface area contributed by atoms with E-state index in [0.29, 0.717) is 11.1 Å². The molecule has 1 aliphatic rings. The van der Waals surface area contributed by atoms with Crippen LogP contribution in [0, 0.1) is 5.92 Å². The predicted octanol–water partition coefficient (Wildman–Crippen LogP) is 0.620. The van der Waals surface area contributed by atoms with E-state index in [-0.39, 0.29) is 17.7 Å². The van der Waals surface area contributed by atoms with Gasteiger partial charge in [-0.25, -0.2) is 10.2 Å². The van der Waals surface area contributed by atoms with Crippen LogP contribution in [0.4, 0.5) is 0 Å². The van der Waals surface area contributed by atoms with Crippen molar-refractivity contribution in [2.24, 2.45) is 16.8 Å². The molecule has 3 N–H and O–H groups in total. The second-order valence-electron chi connectivity index (χ2n) is 4.32. The Morgan fingerprint density at radius 1 is 1.26 bits per heavy atom. The van der Waals surface area contributed by atoms with E-state index in [4.69, 9.17) is 5.73 Å². The topological polar surface area (TPSA) is 93.8 Å². The summed E-state index contributed by atoms with van der Waals surface area (Å²) in [5.74, 6) is -0.234. The Bertz CT molecular complexity index is 518. The largest absolute Gasteiger partial charge is 0.465 e. The van der Waals surface area contributed by atoms with E-state index in [1.165, 1.54) is 7.11 Å². The molecular weight excluding hydrogens is 246 g/mol. The summed E-state index contributed by atoms with van der Waals surface area (Å²) in [5, 5.41) is 3.83. The average molecular weight is 261 g/mol. The first-order valence-corrected chi connectivity index (χ1v) is 5.93. The van der Waals surface area contributed by atoms with Gasteiger partial charge in [0.05, 0.1) is 12.7 Å². The molecule has 0 unspecified atom stereocenters. The van der Waals surface area contributed by atoms with Gasteiger partial charge in [-0.2, -0.15) is 5.10 Å². The van der Waals surface area contributed by atoms with E-state index in [0.717, 1.165) is 12.8 Å². The van der Waals surface area contributed by atoms with Crippen LogP contribution in [-0.2, 0) is 9.53 Å². The molecule has 0 atom stereocenters. The lowest BCUT2D eigenvalue weighted by Crippen LogP contribution is -2.24. The van der Waals surface area contributed by atoms with Crippen LogP contribution in [0.3, 0.4) is 0 Å². The second kappa shape index (κ2) is 5.51. The Hall–Kier alpha value is -2.37. The Morgan fingerprint density at radius 3 is 2.37 bits per heavy atom. The zero-order valence-electron chi connectivity index (χ0n) is 10.6. The van der Waals surface area contributed by atoms with E-state index < -0.39 is 5.97 Å². The molecule has 1 aliphatic carbocycles. The van der Waals surface area contributed by atoms with Crippen LogP contribution < -0.4 is 11.2 Å². The maximum absolute atomic E-state index is 11.4. The molecule has 100 valence electrons. The smallest absolute Gasteiger partial charge is 0.337 e. The SMILES string of the molecule is COC(=O)c1ccc(/C(N)=N\NC(=O)C2CC2)cc1. The molecular formula is C13H15N3O3. The number of amidine groups is 1. The molecule has 0 radical (unpaired) electrons. The Labute approximate surface area is 110 Å². The molecule has 0 bridgehead atoms. The summed E-state index contributed by atoms with van der Waals surface area (Å²) in [6.45, 7) is 0. The van der Waals surface area contributed by atoms with Crippen molar-refractivity contribution in [3.63, 3.8) is 0 Å². The zero-order chi connectivity index (χ0) is 13.8. The summed E-state index contributed by atoms with van der Waals surface area (Å²) in [4.78, 5) is 22.6. The van der Waals surface area contributed by atoms with E-state index >= 15 is 0 Å². The van der Waals surface area contributed by atoms with Gasteiger partial charge in [-0.05, 0) is 25.0 Å². The van der Waals surface area contributed by atoms with Gasteiger partial charge in [0.1, 0.15) is 0 Å². The number of nitrogens with one attached hydrogen (secondary N) is 1. The van der Waals surface area contributed by atoms with E-state index in [1.807, 2.05) is 0 Å². The average Bonchev–Trinajstić information content (AvgIpc) is 3.28. The van der Waals surface area contributed by atoms with Gasteiger partial charge in [-0.3, -0.25) is 4.79 Å². The standard InChI is InChI=1S/C13H15N3O3/c1-19-13(18)10-6-2-8(3-7-10)11(14)15-16-12(17)9-4-5-9/h2-3,6-7,9H,4-5H2,1H3,(H2,14,15)(H,16,17). The second-order valence-corrected chi connectivity index (χ2v) is 4.32. The van der Waals surface area contributed by atoms with Gasteiger partial charge in [0.2, 0.25) is 5.91 Å². The van der Waals surface area contributed by atoms with Crippen LogP contribution in [0.1, 0.15) is 28.8 Å². The number of benzene rings is 1. The highest BCUT2D eigenvalue weighted by Crippen LogP contribution is 2.28. The molecule has 1 saturated carbocycles. The molecule has 0 aromatic heterocycles. The third-order valence-electron chi connectivity index (χ3n) is 2.84. The van der Waals surface area contributed by atoms with Crippen LogP contribution in [0.25, 0.3) is 0 Å². The lowest BCUT2D eigenvalue weighted by molar-refractivity contribution is -0.122. The number of nitrogens with two attached hydrogens (primary N) is 1. The molecule has 0 saturated heterocycles. The monoisotopic (exact) mass is 261 g/mol. The first-order chi connectivity index (χ1) is 9.11. The van der Waals surface area contributed by atoms with Crippen molar-refractivity contribution in [1.82, 2.24) is 5.43 Å². The Morgan fingerprint density at radius 2 is 1.84 bits per heavy atom. The fourth-order valence-electron chi connectivity index (χ4n) is 1.51. The number of carbonyl (C=O) groups excluding carboxylic acids is 2. The van der Waals surface area contributed by atoms with Gasteiger partial charge in [0, 0.05) is 11.5 Å². The third kappa shape index (κ3) is 3.31. The quantitative estimate of drug-likeness (QED) is 0.359. The molecule has 1 aromatic rings. The van der Waals surface area contributed by atoms with Crippen molar-refractivity contribution in [2.75, 3.05) is 7.11 Å². The molecule has 0 heterocycles. The van der Waals surface area contributed by atoms with Crippen molar-refractivity contribution in [3.05, 3.63) is 35.4 Å². The molecule has 2 rings (SSSR count). The highest BCUT2D eigenvalue weighted by atomic mass is 16.5. The molecule has 1 fully saturated rings. The summed E-state index contributed by atoms with van der Waals surface area (Å²) in [6.07, 6.45) is 1.82. The Balaban J connectivity index is 2.01. The maximum Gasteiger partial charge on any atom is 0.337 e. The molecule has 0 spiro atoms. The Kier molecular flexibility index (Phi) is 3.79. The fourth-order valence-corrected chi connectivity index (χ4v) is 1.51. The third-order valence-corrected chi connectivity index (χ3v) is 2.84. The summed E-state index contributed by atoms with van der Waals surface area (Å²) in [5.41, 5.74) is 9.23. The van der Waals surface area contributed by atoms with Crippen molar-refractivity contribution in [3.8, 4) is 0 Å². The number of esters is 1. The number of amides is 1. The molecule has 6 heteroatoms. The van der Waals surface area contributed by atoms with Gasteiger partial charge < -0.3 is 10.5 Å². The molecule has 1 amide bonds. The molecule has 19 heavy (non-hydrogen) atoms. The minimum atomic E-state index is -0.413. The van der Waals surface area contributed by atoms with Crippen LogP contribution >= 0.6 is 0 Å². The summed E-state index contributed by atoms with van der Waals surface area (Å²) >= 11 is 0. The number of nitrogens with zero attached hydrogens (tertiary/aromatic N) is 1. The number of ether oxygens (including phenoxy) is 1. The molecule has 0 aliphatic heterocycles. The fraction of sp³-hybridized carbons (Fsp3) is 0.308. The lowest BCUT2D eigenvalue weighted by atomic mass is 10.1. The minimum Gasteiger partial charge on any atom is -0.465 e. The van der Waals surface area contributed by atoms with Crippen LogP contribution in [0.15, 0.2) is 29.4 Å². The number of rotatable bonds is 4. The van der Waals surface area contributed by atoms with Gasteiger partial charge in [0.25, 0.3) is 0 Å². The summed E-state index contributed by atoms with van der Waals surface area (Å²) < 4.78 is 4.59. The number of hydrazone groups is 1. The highest BCUT2D eigenvalue weighted by Gasteiger charge is 2.29. The molecule has 1 aromatic carbocycles. The van der Waals surface area contributed by atoms with Gasteiger partial charge in [-0.15, -0.1) is 0 Å². The maximum atomic E-state index is 11.4. The lowest BCUT2D eigenvalue weighted by Gasteiger charge is -2.03. The van der Waals surface area contributed by atoms with E-state index in [2.05, 4.69) is 15.3 Å². The van der Waals surface area contributed by atoms with Gasteiger partial charge in [-0.1, -0.05) is 12.1 Å². The van der Waals surface area contributed by atoms with Crippen LogP contribution in [0.2, 0.25) is 0 Å². The van der Waals surface area contributed by atoms with Crippen molar-refractivity contribution >= 4 is 17.7 Å². The minimum absolute atomic E-state index is 0.0817. The van der Waals surface area contributed by atoms with Crippen LogP contribution in [-0.4, -0.2) is 24.8 Å². The number of carbonyl (C=O) groups is 2. The number of hydrogen-bond donors (Lipinski definition) is 2. The zero-order valence-corrected chi connectivity index (χ0v) is 10.6. The van der Waals surface area contributed by atoms with Gasteiger partial charge >= 0.3 is 5.97 Å².